The van der Waals surface area contributed by atoms with E-state index in [2.05, 4.69) is 46.2 Å². The van der Waals surface area contributed by atoms with E-state index < -0.39 is 0 Å². The molecule has 0 aliphatic carbocycles. The molecule has 1 nitrogen and oxygen atoms in total. The molecule has 0 fully saturated rings. The van der Waals surface area contributed by atoms with E-state index in [1.165, 1.54) is 5.56 Å². The number of hydrogen-bond donors (Lipinski definition) is 1. The van der Waals surface area contributed by atoms with Crippen LogP contribution >= 0.6 is 15.9 Å². The molecule has 0 saturated carbocycles. The molecule has 0 aromatic heterocycles. The van der Waals surface area contributed by atoms with E-state index >= 15 is 0 Å². The highest BCUT2D eigenvalue weighted by molar-refractivity contribution is 9.10. The zero-order valence-electron chi connectivity index (χ0n) is 8.42. The first-order valence-electron chi connectivity index (χ1n) is 4.61. The van der Waals surface area contributed by atoms with Crippen molar-refractivity contribution < 1.29 is 0 Å². The van der Waals surface area contributed by atoms with Crippen molar-refractivity contribution in [3.05, 3.63) is 34.3 Å². The summed E-state index contributed by atoms with van der Waals surface area (Å²) in [7, 11) is 0. The van der Waals surface area contributed by atoms with Gasteiger partial charge in [-0.1, -0.05) is 34.0 Å². The number of benzene rings is 1. The van der Waals surface area contributed by atoms with Gasteiger partial charge in [-0.25, -0.2) is 0 Å². The summed E-state index contributed by atoms with van der Waals surface area (Å²) < 4.78 is 1.09. The topological polar surface area (TPSA) is 12.0 Å². The molecule has 1 unspecified atom stereocenters. The van der Waals surface area contributed by atoms with Crippen LogP contribution in [0.15, 0.2) is 28.7 Å². The van der Waals surface area contributed by atoms with E-state index in [-0.39, 0.29) is 12.1 Å². The average molecular weight is 252 g/mol. The fourth-order valence-electron chi connectivity index (χ4n) is 1.30. The lowest BCUT2D eigenvalue weighted by molar-refractivity contribution is 0.546. The molecule has 1 aromatic carbocycles. The maximum Gasteiger partial charge on any atom is 0.0662 e. The predicted octanol–water partition coefficient (Wildman–Crippen LogP) is 3.12. The molecule has 0 spiro atoms. The van der Waals surface area contributed by atoms with Crippen LogP contribution in [0.5, 0.6) is 0 Å². The molecule has 0 aliphatic rings. The fourth-order valence-corrected chi connectivity index (χ4v) is 1.71. The third-order valence-electron chi connectivity index (χ3n) is 2.10. The molecule has 1 N–H and O–H groups in total. The normalized spacial score (nSPS) is 14.4. The Morgan fingerprint density at radius 2 is 2.14 bits per heavy atom. The highest BCUT2D eigenvalue weighted by atomic mass is 79.9. The van der Waals surface area contributed by atoms with Crippen molar-refractivity contribution in [2.75, 3.05) is 0 Å². The van der Waals surface area contributed by atoms with Gasteiger partial charge < -0.3 is 0 Å². The monoisotopic (exact) mass is 251 g/mol. The number of rotatable bonds is 3. The lowest BCUT2D eigenvalue weighted by atomic mass is 10.1. The Kier molecular flexibility index (Phi) is 4.19. The largest absolute Gasteiger partial charge is 0.297 e. The van der Waals surface area contributed by atoms with Gasteiger partial charge in [0.15, 0.2) is 0 Å². The van der Waals surface area contributed by atoms with E-state index in [0.29, 0.717) is 0 Å². The van der Waals surface area contributed by atoms with E-state index in [4.69, 9.17) is 6.42 Å². The fraction of sp³-hybridized carbons (Fsp3) is 0.333. The molecular formula is C12H14BrN. The lowest BCUT2D eigenvalue weighted by Crippen LogP contribution is -2.27. The first kappa shape index (κ1) is 11.3. The number of nitrogens with one attached hydrogen (secondary N) is 1. The summed E-state index contributed by atoms with van der Waals surface area (Å²) in [5.41, 5.74) is 1.24. The number of hydrogen-bond acceptors (Lipinski definition) is 1. The van der Waals surface area contributed by atoms with Gasteiger partial charge in [-0.3, -0.25) is 5.32 Å². The second-order valence-electron chi connectivity index (χ2n) is 3.33. The molecule has 0 amide bonds. The Bertz CT molecular complexity index is 340. The Balaban J connectivity index is 2.70. The minimum absolute atomic E-state index is 0.101. The highest BCUT2D eigenvalue weighted by Crippen LogP contribution is 2.17. The molecule has 0 radical (unpaired) electrons. The van der Waals surface area contributed by atoms with Gasteiger partial charge >= 0.3 is 0 Å². The van der Waals surface area contributed by atoms with Gasteiger partial charge in [-0.05, 0) is 31.5 Å². The van der Waals surface area contributed by atoms with E-state index in [0.717, 1.165) is 4.47 Å². The number of terminal acetylenes is 1. The number of halogens is 1. The van der Waals surface area contributed by atoms with Gasteiger partial charge in [0.25, 0.3) is 0 Å². The third kappa shape index (κ3) is 3.17. The maximum absolute atomic E-state index is 5.31. The van der Waals surface area contributed by atoms with Crippen LogP contribution in [0.3, 0.4) is 0 Å². The van der Waals surface area contributed by atoms with Crippen molar-refractivity contribution in [3.8, 4) is 12.3 Å². The van der Waals surface area contributed by atoms with Crippen LogP contribution in [0.2, 0.25) is 0 Å². The molecule has 0 saturated heterocycles. The van der Waals surface area contributed by atoms with Gasteiger partial charge in [-0.2, -0.15) is 0 Å². The summed E-state index contributed by atoms with van der Waals surface area (Å²) in [6.07, 6.45) is 5.31. The minimum Gasteiger partial charge on any atom is -0.297 e. The van der Waals surface area contributed by atoms with Gasteiger partial charge in [0.2, 0.25) is 0 Å². The molecule has 0 aliphatic heterocycles. The average Bonchev–Trinajstić information content (AvgIpc) is 2.17. The first-order valence-corrected chi connectivity index (χ1v) is 5.40. The SMILES string of the molecule is C#CC(C)N[C@H](C)c1cccc(Br)c1. The van der Waals surface area contributed by atoms with Crippen LogP contribution in [0.1, 0.15) is 25.5 Å². The summed E-state index contributed by atoms with van der Waals surface area (Å²) in [6, 6.07) is 8.61. The van der Waals surface area contributed by atoms with E-state index in [1.54, 1.807) is 0 Å². The van der Waals surface area contributed by atoms with Crippen molar-refractivity contribution in [3.63, 3.8) is 0 Å². The smallest absolute Gasteiger partial charge is 0.0662 e. The second kappa shape index (κ2) is 5.19. The quantitative estimate of drug-likeness (QED) is 0.815. The Hall–Kier alpha value is -0.780. The zero-order valence-corrected chi connectivity index (χ0v) is 10.0. The van der Waals surface area contributed by atoms with Crippen LogP contribution in [-0.4, -0.2) is 6.04 Å². The Labute approximate surface area is 94.0 Å². The standard InChI is InChI=1S/C12H14BrN/c1-4-9(2)14-10(3)11-6-5-7-12(13)8-11/h1,5-10,14H,2-3H3/t9?,10-/m1/s1. The van der Waals surface area contributed by atoms with Gasteiger partial charge in [-0.15, -0.1) is 6.42 Å². The summed E-state index contributed by atoms with van der Waals surface area (Å²) in [5, 5.41) is 3.32. The Morgan fingerprint density at radius 1 is 1.43 bits per heavy atom. The van der Waals surface area contributed by atoms with Crippen LogP contribution in [0, 0.1) is 12.3 Å². The zero-order chi connectivity index (χ0) is 10.6. The van der Waals surface area contributed by atoms with Gasteiger partial charge in [0.1, 0.15) is 0 Å². The van der Waals surface area contributed by atoms with Crippen LogP contribution < -0.4 is 5.32 Å². The molecule has 14 heavy (non-hydrogen) atoms. The van der Waals surface area contributed by atoms with E-state index in [1.807, 2.05) is 19.1 Å². The molecule has 2 heteroatoms. The maximum atomic E-state index is 5.31. The van der Waals surface area contributed by atoms with Crippen molar-refractivity contribution in [1.29, 1.82) is 0 Å². The van der Waals surface area contributed by atoms with Crippen molar-refractivity contribution in [1.82, 2.24) is 5.32 Å². The van der Waals surface area contributed by atoms with E-state index in [9.17, 15) is 0 Å². The molecule has 2 atom stereocenters. The molecular weight excluding hydrogens is 238 g/mol. The summed E-state index contributed by atoms with van der Waals surface area (Å²) in [6.45, 7) is 4.09. The van der Waals surface area contributed by atoms with Crippen molar-refractivity contribution in [2.45, 2.75) is 25.9 Å². The molecule has 74 valence electrons. The Morgan fingerprint density at radius 3 is 2.71 bits per heavy atom. The van der Waals surface area contributed by atoms with Crippen molar-refractivity contribution >= 4 is 15.9 Å². The van der Waals surface area contributed by atoms with Crippen molar-refractivity contribution in [2.24, 2.45) is 0 Å². The summed E-state index contributed by atoms with van der Waals surface area (Å²) >= 11 is 3.45. The van der Waals surface area contributed by atoms with Crippen LogP contribution in [-0.2, 0) is 0 Å². The second-order valence-corrected chi connectivity index (χ2v) is 4.25. The van der Waals surface area contributed by atoms with Crippen LogP contribution in [0.25, 0.3) is 0 Å². The van der Waals surface area contributed by atoms with Gasteiger partial charge in [0.05, 0.1) is 6.04 Å². The van der Waals surface area contributed by atoms with Gasteiger partial charge in [0, 0.05) is 10.5 Å². The summed E-state index contributed by atoms with van der Waals surface area (Å²) in [4.78, 5) is 0. The molecule has 1 rings (SSSR count). The first-order chi connectivity index (χ1) is 6.63. The lowest BCUT2D eigenvalue weighted by Gasteiger charge is -2.16. The minimum atomic E-state index is 0.101. The highest BCUT2D eigenvalue weighted by Gasteiger charge is 2.07. The molecule has 1 aromatic rings. The van der Waals surface area contributed by atoms with Crippen LogP contribution in [0.4, 0.5) is 0 Å². The molecule has 0 bridgehead atoms. The summed E-state index contributed by atoms with van der Waals surface area (Å²) in [5.74, 6) is 2.66. The predicted molar refractivity (Wildman–Crippen MR) is 64.0 cm³/mol. The third-order valence-corrected chi connectivity index (χ3v) is 2.59. The molecule has 0 heterocycles.